The van der Waals surface area contributed by atoms with Gasteiger partial charge in [0.25, 0.3) is 5.91 Å². The maximum Gasteiger partial charge on any atom is 0.274 e. The Labute approximate surface area is 143 Å². The first-order chi connectivity index (χ1) is 11.3. The van der Waals surface area contributed by atoms with Crippen LogP contribution in [-0.2, 0) is 0 Å². The lowest BCUT2D eigenvalue weighted by molar-refractivity contribution is 0.102. The molecule has 24 heavy (non-hydrogen) atoms. The standard InChI is InChI=1S/C19H26N4O/c1-7-14(5)20-17-10-16(21-15(6)22-17)19(24)23-18-12(3)8-11(2)9-13(18)4/h8-10,14H,7H2,1-6H3,(H,23,24)(H,20,21,22). The minimum Gasteiger partial charge on any atom is -0.368 e. The molecule has 1 amide bonds. The Morgan fingerprint density at radius 2 is 1.71 bits per heavy atom. The number of hydrogen-bond acceptors (Lipinski definition) is 4. The molecule has 1 atom stereocenters. The summed E-state index contributed by atoms with van der Waals surface area (Å²) in [6, 6.07) is 6.11. The number of carbonyl (C=O) groups is 1. The van der Waals surface area contributed by atoms with Gasteiger partial charge in [-0.25, -0.2) is 9.97 Å². The zero-order valence-electron chi connectivity index (χ0n) is 15.3. The van der Waals surface area contributed by atoms with E-state index in [0.29, 0.717) is 17.3 Å². The smallest absolute Gasteiger partial charge is 0.274 e. The van der Waals surface area contributed by atoms with Crippen molar-refractivity contribution in [3.63, 3.8) is 0 Å². The first kappa shape index (κ1) is 17.9. The summed E-state index contributed by atoms with van der Waals surface area (Å²) in [6.45, 7) is 12.0. The van der Waals surface area contributed by atoms with Gasteiger partial charge in [-0.2, -0.15) is 0 Å². The van der Waals surface area contributed by atoms with Gasteiger partial charge >= 0.3 is 0 Å². The SMILES string of the molecule is CCC(C)Nc1cc(C(=O)Nc2c(C)cc(C)cc2C)nc(C)n1. The van der Waals surface area contributed by atoms with Gasteiger partial charge in [-0.15, -0.1) is 0 Å². The van der Waals surface area contributed by atoms with Crippen LogP contribution in [0.3, 0.4) is 0 Å². The molecule has 5 nitrogen and oxygen atoms in total. The van der Waals surface area contributed by atoms with Gasteiger partial charge in [0, 0.05) is 17.8 Å². The highest BCUT2D eigenvalue weighted by Crippen LogP contribution is 2.22. The average Bonchev–Trinajstić information content (AvgIpc) is 2.49. The first-order valence-corrected chi connectivity index (χ1v) is 8.31. The molecule has 0 aliphatic rings. The molecule has 0 bridgehead atoms. The monoisotopic (exact) mass is 326 g/mol. The molecule has 0 spiro atoms. The quantitative estimate of drug-likeness (QED) is 0.865. The summed E-state index contributed by atoms with van der Waals surface area (Å²) in [4.78, 5) is 21.3. The number of hydrogen-bond donors (Lipinski definition) is 2. The molecule has 0 saturated carbocycles. The van der Waals surface area contributed by atoms with Crippen molar-refractivity contribution in [1.82, 2.24) is 9.97 Å². The molecule has 1 aromatic carbocycles. The second-order valence-electron chi connectivity index (χ2n) is 6.37. The van der Waals surface area contributed by atoms with Crippen molar-refractivity contribution in [2.75, 3.05) is 10.6 Å². The Hall–Kier alpha value is -2.43. The second kappa shape index (κ2) is 7.43. The topological polar surface area (TPSA) is 66.9 Å². The van der Waals surface area contributed by atoms with Crippen LogP contribution >= 0.6 is 0 Å². The van der Waals surface area contributed by atoms with E-state index in [9.17, 15) is 4.79 Å². The van der Waals surface area contributed by atoms with Crippen molar-refractivity contribution in [3.05, 3.63) is 46.4 Å². The lowest BCUT2D eigenvalue weighted by Crippen LogP contribution is -2.19. The fourth-order valence-corrected chi connectivity index (χ4v) is 2.67. The third kappa shape index (κ3) is 4.31. The predicted molar refractivity (Wildman–Crippen MR) is 98.8 cm³/mol. The minimum atomic E-state index is -0.220. The molecule has 0 fully saturated rings. The molecule has 2 aromatic rings. The van der Waals surface area contributed by atoms with E-state index in [1.165, 1.54) is 5.56 Å². The Kier molecular flexibility index (Phi) is 5.54. The molecule has 1 unspecified atom stereocenters. The van der Waals surface area contributed by atoms with Crippen LogP contribution in [0.5, 0.6) is 0 Å². The third-order valence-electron chi connectivity index (χ3n) is 3.99. The number of nitrogens with zero attached hydrogens (tertiary/aromatic N) is 2. The Morgan fingerprint density at radius 1 is 1.08 bits per heavy atom. The predicted octanol–water partition coefficient (Wildman–Crippen LogP) is 4.17. The number of aryl methyl sites for hydroxylation is 4. The Bertz CT molecular complexity index is 732. The summed E-state index contributed by atoms with van der Waals surface area (Å²) in [5.74, 6) is 1.04. The summed E-state index contributed by atoms with van der Waals surface area (Å²) in [5, 5.41) is 6.28. The van der Waals surface area contributed by atoms with Crippen LogP contribution in [0.4, 0.5) is 11.5 Å². The molecule has 2 N–H and O–H groups in total. The first-order valence-electron chi connectivity index (χ1n) is 8.31. The van der Waals surface area contributed by atoms with E-state index >= 15 is 0 Å². The van der Waals surface area contributed by atoms with Gasteiger partial charge in [0.05, 0.1) is 0 Å². The largest absolute Gasteiger partial charge is 0.368 e. The van der Waals surface area contributed by atoms with Crippen molar-refractivity contribution >= 4 is 17.4 Å². The number of anilines is 2. The number of rotatable bonds is 5. The number of carbonyl (C=O) groups excluding carboxylic acids is 1. The Balaban J connectivity index is 2.27. The fraction of sp³-hybridized carbons (Fsp3) is 0.421. The zero-order valence-corrected chi connectivity index (χ0v) is 15.3. The summed E-state index contributed by atoms with van der Waals surface area (Å²) in [6.07, 6.45) is 0.979. The van der Waals surface area contributed by atoms with Crippen molar-refractivity contribution in [1.29, 1.82) is 0 Å². The molecule has 0 radical (unpaired) electrons. The van der Waals surface area contributed by atoms with Crippen LogP contribution in [0.2, 0.25) is 0 Å². The average molecular weight is 326 g/mol. The number of nitrogens with one attached hydrogen (secondary N) is 2. The van der Waals surface area contributed by atoms with E-state index in [0.717, 1.165) is 23.2 Å². The lowest BCUT2D eigenvalue weighted by atomic mass is 10.0. The number of amides is 1. The summed E-state index contributed by atoms with van der Waals surface area (Å²) in [5.41, 5.74) is 4.49. The summed E-state index contributed by atoms with van der Waals surface area (Å²) >= 11 is 0. The maximum absolute atomic E-state index is 12.6. The van der Waals surface area contributed by atoms with Crippen LogP contribution in [0.1, 0.15) is 53.3 Å². The maximum atomic E-state index is 12.6. The molecule has 2 rings (SSSR count). The number of benzene rings is 1. The molecular formula is C19H26N4O. The van der Waals surface area contributed by atoms with Gasteiger partial charge in [0.15, 0.2) is 0 Å². The van der Waals surface area contributed by atoms with Gasteiger partial charge in [0.2, 0.25) is 0 Å². The van der Waals surface area contributed by atoms with Crippen LogP contribution in [0.15, 0.2) is 18.2 Å². The van der Waals surface area contributed by atoms with Gasteiger partial charge in [-0.3, -0.25) is 4.79 Å². The van der Waals surface area contributed by atoms with Crippen molar-refractivity contribution in [2.24, 2.45) is 0 Å². The molecule has 0 aliphatic heterocycles. The van der Waals surface area contributed by atoms with Crippen molar-refractivity contribution in [2.45, 2.75) is 54.0 Å². The second-order valence-corrected chi connectivity index (χ2v) is 6.37. The van der Waals surface area contributed by atoms with Crippen molar-refractivity contribution < 1.29 is 4.79 Å². The molecule has 1 heterocycles. The van der Waals surface area contributed by atoms with E-state index in [4.69, 9.17) is 0 Å². The molecule has 1 aromatic heterocycles. The fourth-order valence-electron chi connectivity index (χ4n) is 2.67. The molecule has 5 heteroatoms. The highest BCUT2D eigenvalue weighted by Gasteiger charge is 2.14. The molecule has 0 aliphatic carbocycles. The van der Waals surface area contributed by atoms with E-state index in [2.05, 4.69) is 46.6 Å². The van der Waals surface area contributed by atoms with Crippen LogP contribution in [-0.4, -0.2) is 21.9 Å². The van der Waals surface area contributed by atoms with Gasteiger partial charge < -0.3 is 10.6 Å². The van der Waals surface area contributed by atoms with Gasteiger partial charge in [0.1, 0.15) is 17.3 Å². The van der Waals surface area contributed by atoms with Crippen LogP contribution in [0, 0.1) is 27.7 Å². The van der Waals surface area contributed by atoms with Crippen LogP contribution in [0.25, 0.3) is 0 Å². The zero-order chi connectivity index (χ0) is 17.9. The highest BCUT2D eigenvalue weighted by atomic mass is 16.1. The Morgan fingerprint density at radius 3 is 2.29 bits per heavy atom. The summed E-state index contributed by atoms with van der Waals surface area (Å²) in [7, 11) is 0. The van der Waals surface area contributed by atoms with Crippen LogP contribution < -0.4 is 10.6 Å². The minimum absolute atomic E-state index is 0.220. The number of aromatic nitrogens is 2. The molecule has 128 valence electrons. The van der Waals surface area contributed by atoms with E-state index in [-0.39, 0.29) is 11.9 Å². The molecular weight excluding hydrogens is 300 g/mol. The van der Waals surface area contributed by atoms with Gasteiger partial charge in [-0.1, -0.05) is 24.6 Å². The lowest BCUT2D eigenvalue weighted by Gasteiger charge is -2.15. The van der Waals surface area contributed by atoms with Gasteiger partial charge in [-0.05, 0) is 52.2 Å². The van der Waals surface area contributed by atoms with E-state index < -0.39 is 0 Å². The summed E-state index contributed by atoms with van der Waals surface area (Å²) < 4.78 is 0. The molecule has 0 saturated heterocycles. The van der Waals surface area contributed by atoms with E-state index in [1.54, 1.807) is 13.0 Å². The highest BCUT2D eigenvalue weighted by molar-refractivity contribution is 6.04. The third-order valence-corrected chi connectivity index (χ3v) is 3.99. The van der Waals surface area contributed by atoms with Crippen molar-refractivity contribution in [3.8, 4) is 0 Å². The normalized spacial score (nSPS) is 11.9. The van der Waals surface area contributed by atoms with E-state index in [1.807, 2.05) is 20.8 Å².